The van der Waals surface area contributed by atoms with Crippen LogP contribution in [0.3, 0.4) is 0 Å². The highest BCUT2D eigenvalue weighted by molar-refractivity contribution is 9.10. The molecular weight excluding hydrogens is 1130 g/mol. The molecule has 0 bridgehead atoms. The van der Waals surface area contributed by atoms with Gasteiger partial charge in [0.25, 0.3) is 0 Å². The molecule has 0 aliphatic rings. The fraction of sp³-hybridized carbons (Fsp3) is 0. The molecule has 0 spiro atoms. The molecule has 2 N–H and O–H groups in total. The molecule has 0 saturated heterocycles. The topological polar surface area (TPSA) is 40.5 Å². The van der Waals surface area contributed by atoms with Crippen LogP contribution in [0.2, 0.25) is 0 Å². The standard InChI is InChI=1S/C42H26.C28H17Br.C14H11BO2/c1-3-11-27(12-4-1)32-21-19-29-20-22-36-38(28-13-5-2-6-14-28)26-40(37-24-23-35(32)41(29)42(36)37)39-25-30-15-7-8-16-31(30)33-17-9-10-18-34(33)39;29-26-17-25(19-9-5-2-6-10-19)23-14-12-20-11-13-21(18-7-3-1-4-8-18)22-15-16-24(26)28(23)27(20)22;16-15(17)14-9-10-5-1-2-6-11(10)12-7-3-4-8-13(12)14/h1-26H;1-17H;1-9,16-17H. The normalized spacial score (nSPS) is 11.6. The van der Waals surface area contributed by atoms with E-state index < -0.39 is 7.12 Å². The number of rotatable bonds is 6. The zero-order valence-corrected chi connectivity index (χ0v) is 49.5. The molecule has 0 aliphatic carbocycles. The third-order valence-electron chi connectivity index (χ3n) is 18.0. The van der Waals surface area contributed by atoms with E-state index >= 15 is 0 Å². The van der Waals surface area contributed by atoms with Crippen LogP contribution in [0.4, 0.5) is 0 Å². The Morgan fingerprint density at radius 2 is 0.534 bits per heavy atom. The first-order chi connectivity index (χ1) is 43.4. The van der Waals surface area contributed by atoms with Gasteiger partial charge in [-0.1, -0.05) is 313 Å². The molecule has 2 nitrogen and oxygen atoms in total. The van der Waals surface area contributed by atoms with Gasteiger partial charge >= 0.3 is 7.12 Å². The molecule has 18 aromatic carbocycles. The van der Waals surface area contributed by atoms with Crippen LogP contribution in [0.15, 0.2) is 320 Å². The van der Waals surface area contributed by atoms with Crippen molar-refractivity contribution in [2.45, 2.75) is 0 Å². The van der Waals surface area contributed by atoms with Crippen molar-refractivity contribution < 1.29 is 10.0 Å². The summed E-state index contributed by atoms with van der Waals surface area (Å²) in [5, 5.41) is 43.8. The van der Waals surface area contributed by atoms with Crippen LogP contribution in [-0.4, -0.2) is 17.2 Å². The van der Waals surface area contributed by atoms with E-state index in [1.165, 1.54) is 142 Å². The van der Waals surface area contributed by atoms with E-state index in [0.29, 0.717) is 5.46 Å². The van der Waals surface area contributed by atoms with E-state index in [4.69, 9.17) is 0 Å². The average Bonchev–Trinajstić information content (AvgIpc) is 1.22. The molecule has 0 aromatic heterocycles. The number of halogens is 1. The predicted molar refractivity (Wildman–Crippen MR) is 381 cm³/mol. The first-order valence-electron chi connectivity index (χ1n) is 30.0. The fourth-order valence-electron chi connectivity index (χ4n) is 14.0. The second kappa shape index (κ2) is 22.1. The Morgan fingerprint density at radius 3 is 1.03 bits per heavy atom. The summed E-state index contributed by atoms with van der Waals surface area (Å²) in [6.07, 6.45) is 0. The van der Waals surface area contributed by atoms with E-state index in [0.717, 1.165) is 26.0 Å². The second-order valence-electron chi connectivity index (χ2n) is 22.9. The van der Waals surface area contributed by atoms with Crippen molar-refractivity contribution in [2.75, 3.05) is 0 Å². The van der Waals surface area contributed by atoms with E-state index in [1.807, 2.05) is 54.6 Å². The second-order valence-corrected chi connectivity index (χ2v) is 23.7. The molecule has 4 heteroatoms. The lowest BCUT2D eigenvalue weighted by molar-refractivity contribution is 0.426. The van der Waals surface area contributed by atoms with Crippen LogP contribution in [0.1, 0.15) is 0 Å². The maximum Gasteiger partial charge on any atom is 0.489 e. The minimum absolute atomic E-state index is 0.555. The number of hydrogen-bond acceptors (Lipinski definition) is 2. The van der Waals surface area contributed by atoms with Crippen molar-refractivity contribution in [1.82, 2.24) is 0 Å². The summed E-state index contributed by atoms with van der Waals surface area (Å²) < 4.78 is 1.14. The van der Waals surface area contributed by atoms with Gasteiger partial charge in [0.2, 0.25) is 0 Å². The summed E-state index contributed by atoms with van der Waals surface area (Å²) in [5.41, 5.74) is 13.2. The Morgan fingerprint density at radius 1 is 0.205 bits per heavy atom. The van der Waals surface area contributed by atoms with Crippen LogP contribution in [-0.2, 0) is 0 Å². The van der Waals surface area contributed by atoms with Gasteiger partial charge in [-0.25, -0.2) is 0 Å². The van der Waals surface area contributed by atoms with Gasteiger partial charge in [0, 0.05) is 4.47 Å². The Balaban J connectivity index is 0.000000117. The van der Waals surface area contributed by atoms with Gasteiger partial charge in [0.15, 0.2) is 0 Å². The van der Waals surface area contributed by atoms with Crippen molar-refractivity contribution >= 4 is 136 Å². The molecule has 18 aromatic rings. The van der Waals surface area contributed by atoms with Gasteiger partial charge in [-0.2, -0.15) is 0 Å². The summed E-state index contributed by atoms with van der Waals surface area (Å²) in [5.74, 6) is 0. The van der Waals surface area contributed by atoms with E-state index in [1.54, 1.807) is 0 Å². The van der Waals surface area contributed by atoms with Crippen LogP contribution in [0.5, 0.6) is 0 Å². The zero-order chi connectivity index (χ0) is 58.8. The van der Waals surface area contributed by atoms with Crippen molar-refractivity contribution in [2.24, 2.45) is 0 Å². The molecule has 18 rings (SSSR count). The molecule has 412 valence electrons. The minimum Gasteiger partial charge on any atom is -0.423 e. The molecular formula is C84H54BBrO2. The summed E-state index contributed by atoms with van der Waals surface area (Å²) in [7, 11) is -1.44. The zero-order valence-electron chi connectivity index (χ0n) is 47.9. The maximum atomic E-state index is 9.44. The summed E-state index contributed by atoms with van der Waals surface area (Å²) in [6.45, 7) is 0. The first-order valence-corrected chi connectivity index (χ1v) is 30.8. The molecule has 0 radical (unpaired) electrons. The Labute approximate surface area is 518 Å². The minimum atomic E-state index is -1.44. The maximum absolute atomic E-state index is 9.44. The molecule has 0 amide bonds. The molecule has 0 atom stereocenters. The van der Waals surface area contributed by atoms with Gasteiger partial charge in [-0.05, 0) is 187 Å². The molecule has 88 heavy (non-hydrogen) atoms. The van der Waals surface area contributed by atoms with Gasteiger partial charge in [0.05, 0.1) is 0 Å². The number of hydrogen-bond donors (Lipinski definition) is 2. The number of benzene rings is 18. The summed E-state index contributed by atoms with van der Waals surface area (Å²) in [6, 6.07) is 113. The van der Waals surface area contributed by atoms with Crippen LogP contribution in [0, 0.1) is 0 Å². The lowest BCUT2D eigenvalue weighted by atomic mass is 9.76. The Bertz CT molecular complexity index is 5650. The Hall–Kier alpha value is -10.5. The summed E-state index contributed by atoms with van der Waals surface area (Å²) >= 11 is 3.85. The monoisotopic (exact) mass is 1180 g/mol. The predicted octanol–water partition coefficient (Wildman–Crippen LogP) is 22.2. The van der Waals surface area contributed by atoms with Crippen molar-refractivity contribution in [3.8, 4) is 55.6 Å². The van der Waals surface area contributed by atoms with E-state index in [-0.39, 0.29) is 0 Å². The largest absolute Gasteiger partial charge is 0.489 e. The van der Waals surface area contributed by atoms with Crippen molar-refractivity contribution in [3.05, 3.63) is 320 Å². The molecule has 0 heterocycles. The SMILES string of the molecule is Brc1cc(-c2ccccc2)c2ccc3ccc(-c4ccccc4)c4ccc1c2c34.OB(O)c1cc2ccccc2c2ccccc12.c1ccc(-c2ccc3ccc4c(-c5ccccc5)cc(-c5cc6ccccc6c6ccccc56)c5ccc2c3c45)cc1. The first kappa shape index (κ1) is 53.0. The smallest absolute Gasteiger partial charge is 0.423 e. The third kappa shape index (κ3) is 9.04. The number of fused-ring (bicyclic) bond motifs is 6. The molecule has 0 unspecified atom stereocenters. The lowest BCUT2D eigenvalue weighted by Gasteiger charge is -2.20. The third-order valence-corrected chi connectivity index (χ3v) is 18.6. The highest BCUT2D eigenvalue weighted by Gasteiger charge is 2.22. The molecule has 0 aliphatic heterocycles. The van der Waals surface area contributed by atoms with Crippen molar-refractivity contribution in [3.63, 3.8) is 0 Å². The van der Waals surface area contributed by atoms with Gasteiger partial charge in [-0.15, -0.1) is 0 Å². The Kier molecular flexibility index (Phi) is 13.3. The van der Waals surface area contributed by atoms with Crippen LogP contribution in [0.25, 0.3) is 163 Å². The van der Waals surface area contributed by atoms with Crippen LogP contribution >= 0.6 is 15.9 Å². The molecule has 0 saturated carbocycles. The summed E-state index contributed by atoms with van der Waals surface area (Å²) in [4.78, 5) is 0. The fourth-order valence-corrected chi connectivity index (χ4v) is 14.6. The van der Waals surface area contributed by atoms with Gasteiger partial charge in [0.1, 0.15) is 0 Å². The van der Waals surface area contributed by atoms with Crippen LogP contribution < -0.4 is 5.46 Å². The highest BCUT2D eigenvalue weighted by Crippen LogP contribution is 2.49. The van der Waals surface area contributed by atoms with Gasteiger partial charge in [-0.3, -0.25) is 0 Å². The molecule has 0 fully saturated rings. The van der Waals surface area contributed by atoms with E-state index in [2.05, 4.69) is 277 Å². The highest BCUT2D eigenvalue weighted by atomic mass is 79.9. The van der Waals surface area contributed by atoms with Crippen molar-refractivity contribution in [1.29, 1.82) is 0 Å². The quantitative estimate of drug-likeness (QED) is 0.129. The average molecular weight is 1190 g/mol. The van der Waals surface area contributed by atoms with E-state index in [9.17, 15) is 10.0 Å². The van der Waals surface area contributed by atoms with Gasteiger partial charge < -0.3 is 10.0 Å². The lowest BCUT2D eigenvalue weighted by Crippen LogP contribution is -2.30.